The van der Waals surface area contributed by atoms with Crippen LogP contribution >= 0.6 is 11.8 Å². The Balaban J connectivity index is 1.63. The minimum absolute atomic E-state index is 0.282. The second kappa shape index (κ2) is 7.41. The molecule has 5 nitrogen and oxygen atoms in total. The molecule has 1 unspecified atom stereocenters. The van der Waals surface area contributed by atoms with Crippen LogP contribution in [0.2, 0.25) is 0 Å². The number of thioether (sulfide) groups is 1. The van der Waals surface area contributed by atoms with Gasteiger partial charge in [-0.15, -0.1) is 0 Å². The second-order valence-electron chi connectivity index (χ2n) is 6.08. The standard InChI is InChI=1S/C20H21N3O2S/c1-3-23-17(15-6-7-18-19(11-15)25-10-9-24-18)13-22-20(23)26-14(2)16-5-4-8-21-12-16/h4-8,11-14H,3,9-10H2,1-2H3. The largest absolute Gasteiger partial charge is 0.486 e. The van der Waals surface area contributed by atoms with Gasteiger partial charge in [0.15, 0.2) is 16.7 Å². The molecule has 0 radical (unpaired) electrons. The third-order valence-corrected chi connectivity index (χ3v) is 5.57. The highest BCUT2D eigenvalue weighted by Crippen LogP contribution is 2.38. The van der Waals surface area contributed by atoms with Gasteiger partial charge in [-0.2, -0.15) is 0 Å². The van der Waals surface area contributed by atoms with E-state index in [0.717, 1.165) is 34.5 Å². The summed E-state index contributed by atoms with van der Waals surface area (Å²) in [4.78, 5) is 8.89. The van der Waals surface area contributed by atoms with E-state index in [1.54, 1.807) is 18.0 Å². The molecule has 1 aromatic carbocycles. The Kier molecular flexibility index (Phi) is 4.84. The summed E-state index contributed by atoms with van der Waals surface area (Å²) in [6.07, 6.45) is 5.65. The van der Waals surface area contributed by atoms with Gasteiger partial charge < -0.3 is 14.0 Å². The Hall–Kier alpha value is -2.47. The molecule has 1 aliphatic rings. The van der Waals surface area contributed by atoms with E-state index in [0.29, 0.717) is 13.2 Å². The first-order valence-electron chi connectivity index (χ1n) is 8.78. The normalized spacial score (nSPS) is 14.2. The highest BCUT2D eigenvalue weighted by atomic mass is 32.2. The molecule has 1 atom stereocenters. The lowest BCUT2D eigenvalue weighted by Gasteiger charge is -2.19. The van der Waals surface area contributed by atoms with Gasteiger partial charge in [0.1, 0.15) is 13.2 Å². The van der Waals surface area contributed by atoms with Gasteiger partial charge in [-0.05, 0) is 43.7 Å². The maximum absolute atomic E-state index is 5.72. The Morgan fingerprint density at radius 1 is 1.15 bits per heavy atom. The SMILES string of the molecule is CCn1c(-c2ccc3c(c2)OCCO3)cnc1SC(C)c1cccnc1. The Morgan fingerprint density at radius 2 is 2.00 bits per heavy atom. The van der Waals surface area contributed by atoms with E-state index in [1.165, 1.54) is 5.56 Å². The second-order valence-corrected chi connectivity index (χ2v) is 7.38. The van der Waals surface area contributed by atoms with Gasteiger partial charge in [-0.25, -0.2) is 4.98 Å². The summed E-state index contributed by atoms with van der Waals surface area (Å²) in [5.41, 5.74) is 3.37. The predicted octanol–water partition coefficient (Wildman–Crippen LogP) is 4.59. The molecule has 4 rings (SSSR count). The van der Waals surface area contributed by atoms with Gasteiger partial charge in [-0.1, -0.05) is 17.8 Å². The van der Waals surface area contributed by atoms with Crippen LogP contribution in [0.15, 0.2) is 54.1 Å². The molecule has 3 heterocycles. The third-order valence-electron chi connectivity index (χ3n) is 4.41. The molecule has 0 bridgehead atoms. The quantitative estimate of drug-likeness (QED) is 0.617. The van der Waals surface area contributed by atoms with E-state index >= 15 is 0 Å². The van der Waals surface area contributed by atoms with Crippen LogP contribution in [-0.2, 0) is 6.54 Å². The molecular formula is C20H21N3O2S. The lowest BCUT2D eigenvalue weighted by Crippen LogP contribution is -2.15. The Labute approximate surface area is 157 Å². The molecule has 3 aromatic rings. The molecular weight excluding hydrogens is 346 g/mol. The highest BCUT2D eigenvalue weighted by molar-refractivity contribution is 7.99. The number of hydrogen-bond donors (Lipinski definition) is 0. The highest BCUT2D eigenvalue weighted by Gasteiger charge is 2.18. The molecule has 0 amide bonds. The van der Waals surface area contributed by atoms with Gasteiger partial charge in [0.05, 0.1) is 11.9 Å². The zero-order valence-electron chi connectivity index (χ0n) is 14.9. The summed E-state index contributed by atoms with van der Waals surface area (Å²) in [6.45, 7) is 6.37. The van der Waals surface area contributed by atoms with Gasteiger partial charge in [0.2, 0.25) is 0 Å². The maximum Gasteiger partial charge on any atom is 0.169 e. The fourth-order valence-electron chi connectivity index (χ4n) is 3.03. The van der Waals surface area contributed by atoms with Gasteiger partial charge in [0, 0.05) is 29.8 Å². The van der Waals surface area contributed by atoms with Gasteiger partial charge in [-0.3, -0.25) is 4.98 Å². The van der Waals surface area contributed by atoms with Crippen LogP contribution in [0.25, 0.3) is 11.3 Å². The number of benzene rings is 1. The van der Waals surface area contributed by atoms with Crippen molar-refractivity contribution in [1.29, 1.82) is 0 Å². The average Bonchev–Trinajstić information content (AvgIpc) is 3.10. The molecule has 0 saturated heterocycles. The summed E-state index contributed by atoms with van der Waals surface area (Å²) in [5, 5.41) is 1.29. The van der Waals surface area contributed by atoms with E-state index in [4.69, 9.17) is 9.47 Å². The average molecular weight is 367 g/mol. The summed E-state index contributed by atoms with van der Waals surface area (Å²) in [7, 11) is 0. The molecule has 0 aliphatic carbocycles. The van der Waals surface area contributed by atoms with Crippen molar-refractivity contribution in [2.75, 3.05) is 13.2 Å². The first kappa shape index (κ1) is 17.0. The fourth-order valence-corrected chi connectivity index (χ4v) is 4.09. The first-order chi connectivity index (χ1) is 12.8. The third kappa shape index (κ3) is 3.29. The summed E-state index contributed by atoms with van der Waals surface area (Å²) in [5.74, 6) is 1.61. The van der Waals surface area contributed by atoms with Crippen LogP contribution < -0.4 is 9.47 Å². The van der Waals surface area contributed by atoms with E-state index < -0.39 is 0 Å². The van der Waals surface area contributed by atoms with E-state index in [2.05, 4.69) is 40.5 Å². The first-order valence-corrected chi connectivity index (χ1v) is 9.66. The fraction of sp³-hybridized carbons (Fsp3) is 0.300. The van der Waals surface area contributed by atoms with Crippen LogP contribution in [0.5, 0.6) is 11.5 Å². The maximum atomic E-state index is 5.72. The zero-order valence-corrected chi connectivity index (χ0v) is 15.7. The number of hydrogen-bond acceptors (Lipinski definition) is 5. The van der Waals surface area contributed by atoms with Crippen LogP contribution in [0.1, 0.15) is 24.7 Å². The van der Waals surface area contributed by atoms with Crippen molar-refractivity contribution in [3.8, 4) is 22.8 Å². The smallest absolute Gasteiger partial charge is 0.169 e. The molecule has 0 saturated carbocycles. The van der Waals surface area contributed by atoms with Crippen LogP contribution in [-0.4, -0.2) is 27.7 Å². The van der Waals surface area contributed by atoms with Crippen molar-refractivity contribution >= 4 is 11.8 Å². The number of imidazole rings is 1. The van der Waals surface area contributed by atoms with E-state index in [1.807, 2.05) is 30.6 Å². The van der Waals surface area contributed by atoms with Gasteiger partial charge in [0.25, 0.3) is 0 Å². The molecule has 134 valence electrons. The molecule has 2 aromatic heterocycles. The van der Waals surface area contributed by atoms with Gasteiger partial charge >= 0.3 is 0 Å². The Morgan fingerprint density at radius 3 is 2.77 bits per heavy atom. The summed E-state index contributed by atoms with van der Waals surface area (Å²) in [6, 6.07) is 10.2. The Bertz CT molecular complexity index is 895. The summed E-state index contributed by atoms with van der Waals surface area (Å²) >= 11 is 1.75. The number of fused-ring (bicyclic) bond motifs is 1. The lowest BCUT2D eigenvalue weighted by atomic mass is 10.1. The van der Waals surface area contributed by atoms with Crippen molar-refractivity contribution in [2.45, 2.75) is 30.8 Å². The minimum atomic E-state index is 0.282. The lowest BCUT2D eigenvalue weighted by molar-refractivity contribution is 0.171. The van der Waals surface area contributed by atoms with Crippen molar-refractivity contribution in [3.05, 3.63) is 54.5 Å². The topological polar surface area (TPSA) is 49.2 Å². The van der Waals surface area contributed by atoms with E-state index in [9.17, 15) is 0 Å². The monoisotopic (exact) mass is 367 g/mol. The number of ether oxygens (including phenoxy) is 2. The molecule has 0 fully saturated rings. The number of pyridine rings is 1. The van der Waals surface area contributed by atoms with Crippen LogP contribution in [0.4, 0.5) is 0 Å². The molecule has 1 aliphatic heterocycles. The number of nitrogens with zero attached hydrogens (tertiary/aromatic N) is 3. The van der Waals surface area contributed by atoms with Crippen LogP contribution in [0, 0.1) is 0 Å². The van der Waals surface area contributed by atoms with Crippen molar-refractivity contribution in [3.63, 3.8) is 0 Å². The molecule has 0 spiro atoms. The van der Waals surface area contributed by atoms with Crippen molar-refractivity contribution < 1.29 is 9.47 Å². The molecule has 6 heteroatoms. The minimum Gasteiger partial charge on any atom is -0.486 e. The van der Waals surface area contributed by atoms with Crippen molar-refractivity contribution in [1.82, 2.24) is 14.5 Å². The van der Waals surface area contributed by atoms with E-state index in [-0.39, 0.29) is 5.25 Å². The summed E-state index contributed by atoms with van der Waals surface area (Å²) < 4.78 is 13.6. The number of rotatable bonds is 5. The zero-order chi connectivity index (χ0) is 17.9. The molecule has 26 heavy (non-hydrogen) atoms. The number of aromatic nitrogens is 3. The predicted molar refractivity (Wildman–Crippen MR) is 103 cm³/mol. The van der Waals surface area contributed by atoms with Crippen molar-refractivity contribution in [2.24, 2.45) is 0 Å². The van der Waals surface area contributed by atoms with Crippen LogP contribution in [0.3, 0.4) is 0 Å². The molecule has 0 N–H and O–H groups in total.